The maximum atomic E-state index is 12.5. The van der Waals surface area contributed by atoms with Crippen LogP contribution in [-0.2, 0) is 16.1 Å². The topological polar surface area (TPSA) is 93.3 Å². The fourth-order valence-electron chi connectivity index (χ4n) is 6.72. The van der Waals surface area contributed by atoms with Crippen molar-refractivity contribution < 1.29 is 14.0 Å². The predicted molar refractivity (Wildman–Crippen MR) is 111 cm³/mol. The van der Waals surface area contributed by atoms with Crippen LogP contribution < -0.4 is 16.6 Å². The highest BCUT2D eigenvalue weighted by Crippen LogP contribution is 2.61. The van der Waals surface area contributed by atoms with E-state index in [0.29, 0.717) is 25.0 Å². The fourth-order valence-corrected chi connectivity index (χ4v) is 6.72. The molecule has 4 bridgehead atoms. The molecule has 2 amide bonds. The number of aryl methyl sites for hydroxylation is 1. The number of amides is 2. The van der Waals surface area contributed by atoms with Crippen LogP contribution in [0.1, 0.15) is 57.8 Å². The minimum atomic E-state index is -0.416. The van der Waals surface area contributed by atoms with E-state index in [1.165, 1.54) is 43.1 Å². The molecule has 4 fully saturated rings. The van der Waals surface area contributed by atoms with Crippen LogP contribution in [0, 0.1) is 23.2 Å². The van der Waals surface area contributed by atoms with Crippen molar-refractivity contribution in [2.45, 2.75) is 64.3 Å². The molecule has 0 aliphatic heterocycles. The van der Waals surface area contributed by atoms with Crippen molar-refractivity contribution in [2.75, 3.05) is 0 Å². The smallest absolute Gasteiger partial charge is 0.408 e. The van der Waals surface area contributed by atoms with Crippen LogP contribution in [0.25, 0.3) is 11.1 Å². The Hall–Kier alpha value is -2.57. The summed E-state index contributed by atoms with van der Waals surface area (Å²) in [5, 5.41) is 0. The molecule has 0 spiro atoms. The van der Waals surface area contributed by atoms with Crippen molar-refractivity contribution in [3.63, 3.8) is 0 Å². The largest absolute Gasteiger partial charge is 0.419 e. The molecule has 7 nitrogen and oxygen atoms in total. The third-order valence-corrected chi connectivity index (χ3v) is 7.40. The fraction of sp³-hybridized carbons (Fsp3) is 0.609. The molecule has 6 rings (SSSR count). The first-order chi connectivity index (χ1) is 14.5. The summed E-state index contributed by atoms with van der Waals surface area (Å²) >= 11 is 0. The van der Waals surface area contributed by atoms with Gasteiger partial charge in [0.1, 0.15) is 0 Å². The Morgan fingerprint density at radius 2 is 1.63 bits per heavy atom. The van der Waals surface area contributed by atoms with Crippen LogP contribution in [0.4, 0.5) is 0 Å². The van der Waals surface area contributed by atoms with E-state index in [9.17, 15) is 14.4 Å². The van der Waals surface area contributed by atoms with Crippen molar-refractivity contribution in [2.24, 2.45) is 23.2 Å². The standard InChI is InChI=1S/C23H29N3O4/c27-20(6-3-7-26-18-4-1-2-5-19(18)30-22(26)29)24-25-21(28)14-23-11-15-8-16(12-23)10-17(9-15)13-23/h1-2,4-5,15-17H,3,6-14H2,(H,24,27)(H,25,28). The normalized spacial score (nSPS) is 29.3. The van der Waals surface area contributed by atoms with E-state index in [4.69, 9.17) is 4.42 Å². The Labute approximate surface area is 175 Å². The molecular weight excluding hydrogens is 382 g/mol. The minimum absolute atomic E-state index is 0.0812. The van der Waals surface area contributed by atoms with E-state index in [0.717, 1.165) is 23.3 Å². The summed E-state index contributed by atoms with van der Waals surface area (Å²) in [5.74, 6) is 1.68. The van der Waals surface area contributed by atoms with Crippen molar-refractivity contribution in [1.82, 2.24) is 15.4 Å². The summed E-state index contributed by atoms with van der Waals surface area (Å²) in [4.78, 5) is 36.6. The van der Waals surface area contributed by atoms with Gasteiger partial charge in [0.25, 0.3) is 0 Å². The Morgan fingerprint density at radius 1 is 1.00 bits per heavy atom. The number of hydrogen-bond donors (Lipinski definition) is 2. The molecule has 4 aliphatic rings. The van der Waals surface area contributed by atoms with Crippen molar-refractivity contribution in [3.8, 4) is 0 Å². The minimum Gasteiger partial charge on any atom is -0.408 e. The average molecular weight is 412 g/mol. The molecule has 4 aliphatic carbocycles. The Balaban J connectivity index is 1.08. The second kappa shape index (κ2) is 7.60. The molecule has 4 saturated carbocycles. The number of nitrogens with zero attached hydrogens (tertiary/aromatic N) is 1. The molecule has 2 aromatic rings. The Morgan fingerprint density at radius 3 is 2.33 bits per heavy atom. The van der Waals surface area contributed by atoms with Crippen molar-refractivity contribution >= 4 is 22.9 Å². The highest BCUT2D eigenvalue weighted by molar-refractivity contribution is 5.82. The number of para-hydroxylation sites is 2. The van der Waals surface area contributed by atoms with E-state index >= 15 is 0 Å². The third-order valence-electron chi connectivity index (χ3n) is 7.40. The molecule has 30 heavy (non-hydrogen) atoms. The van der Waals surface area contributed by atoms with E-state index in [2.05, 4.69) is 10.9 Å². The van der Waals surface area contributed by atoms with Gasteiger partial charge in [0.15, 0.2) is 5.58 Å². The van der Waals surface area contributed by atoms with Gasteiger partial charge in [0.2, 0.25) is 11.8 Å². The van der Waals surface area contributed by atoms with Gasteiger partial charge in [-0.2, -0.15) is 0 Å². The molecule has 0 unspecified atom stereocenters. The summed E-state index contributed by atoms with van der Waals surface area (Å²) in [7, 11) is 0. The molecule has 160 valence electrons. The second-order valence-corrected chi connectivity index (χ2v) is 9.78. The molecule has 2 N–H and O–H groups in total. The first-order valence-electron chi connectivity index (χ1n) is 11.2. The Bertz CT molecular complexity index is 986. The van der Waals surface area contributed by atoms with Gasteiger partial charge in [0, 0.05) is 19.4 Å². The van der Waals surface area contributed by atoms with Crippen LogP contribution in [0.3, 0.4) is 0 Å². The Kier molecular flexibility index (Phi) is 4.91. The highest BCUT2D eigenvalue weighted by Gasteiger charge is 2.51. The maximum Gasteiger partial charge on any atom is 0.419 e. The molecule has 0 radical (unpaired) electrons. The van der Waals surface area contributed by atoms with Gasteiger partial charge in [-0.3, -0.25) is 25.0 Å². The van der Waals surface area contributed by atoms with Crippen LogP contribution in [-0.4, -0.2) is 16.4 Å². The predicted octanol–water partition coefficient (Wildman–Crippen LogP) is 3.13. The quantitative estimate of drug-likeness (QED) is 0.714. The lowest BCUT2D eigenvalue weighted by Crippen LogP contribution is -2.50. The van der Waals surface area contributed by atoms with Gasteiger partial charge in [-0.25, -0.2) is 4.79 Å². The monoisotopic (exact) mass is 411 g/mol. The van der Waals surface area contributed by atoms with Crippen LogP contribution >= 0.6 is 0 Å². The lowest BCUT2D eigenvalue weighted by molar-refractivity contribution is -0.134. The summed E-state index contributed by atoms with van der Waals surface area (Å²) in [6.07, 6.45) is 8.82. The molecule has 0 saturated heterocycles. The van der Waals surface area contributed by atoms with Gasteiger partial charge in [-0.1, -0.05) is 12.1 Å². The zero-order chi connectivity index (χ0) is 20.7. The number of hydrogen-bond acceptors (Lipinski definition) is 4. The van der Waals surface area contributed by atoms with E-state index in [-0.39, 0.29) is 23.7 Å². The number of oxazole rings is 1. The SMILES string of the molecule is O=C(CCCn1c(=O)oc2ccccc21)NNC(=O)CC12CC3CC(CC(C3)C1)C2. The summed E-state index contributed by atoms with van der Waals surface area (Å²) in [6, 6.07) is 7.24. The summed E-state index contributed by atoms with van der Waals surface area (Å²) in [5.41, 5.74) is 6.60. The lowest BCUT2D eigenvalue weighted by atomic mass is 9.49. The van der Waals surface area contributed by atoms with Gasteiger partial charge in [0.05, 0.1) is 5.52 Å². The van der Waals surface area contributed by atoms with Crippen LogP contribution in [0.15, 0.2) is 33.5 Å². The number of benzene rings is 1. The van der Waals surface area contributed by atoms with Gasteiger partial charge >= 0.3 is 5.76 Å². The van der Waals surface area contributed by atoms with Crippen LogP contribution in [0.5, 0.6) is 0 Å². The third kappa shape index (κ3) is 3.77. The number of aromatic nitrogens is 1. The highest BCUT2D eigenvalue weighted by atomic mass is 16.4. The van der Waals surface area contributed by atoms with Crippen molar-refractivity contribution in [1.29, 1.82) is 0 Å². The van der Waals surface area contributed by atoms with Crippen molar-refractivity contribution in [3.05, 3.63) is 34.8 Å². The number of carbonyl (C=O) groups excluding carboxylic acids is 2. The van der Waals surface area contributed by atoms with E-state index in [1.54, 1.807) is 6.07 Å². The summed E-state index contributed by atoms with van der Waals surface area (Å²) < 4.78 is 6.74. The first kappa shape index (κ1) is 19.4. The zero-order valence-electron chi connectivity index (χ0n) is 17.2. The molecule has 1 aromatic heterocycles. The van der Waals surface area contributed by atoms with Gasteiger partial charge in [-0.05, 0) is 80.2 Å². The summed E-state index contributed by atoms with van der Waals surface area (Å²) in [6.45, 7) is 0.393. The number of nitrogens with one attached hydrogen (secondary N) is 2. The molecule has 1 heterocycles. The lowest BCUT2D eigenvalue weighted by Gasteiger charge is -2.56. The molecule has 0 atom stereocenters. The number of carbonyl (C=O) groups is 2. The van der Waals surface area contributed by atoms with Crippen LogP contribution in [0.2, 0.25) is 0 Å². The number of hydrazine groups is 1. The van der Waals surface area contributed by atoms with E-state index in [1.807, 2.05) is 18.2 Å². The molecule has 1 aromatic carbocycles. The first-order valence-corrected chi connectivity index (χ1v) is 11.2. The van der Waals surface area contributed by atoms with Gasteiger partial charge < -0.3 is 4.42 Å². The van der Waals surface area contributed by atoms with E-state index < -0.39 is 5.76 Å². The molecular formula is C23H29N3O4. The molecule has 7 heteroatoms. The number of fused-ring (bicyclic) bond motifs is 1. The average Bonchev–Trinajstić information content (AvgIpc) is 3.00. The zero-order valence-corrected chi connectivity index (χ0v) is 17.2. The van der Waals surface area contributed by atoms with Gasteiger partial charge in [-0.15, -0.1) is 0 Å². The second-order valence-electron chi connectivity index (χ2n) is 9.78. The maximum absolute atomic E-state index is 12.5. The number of rotatable bonds is 6.